The van der Waals surface area contributed by atoms with Crippen LogP contribution in [0.4, 0.5) is 0 Å². The van der Waals surface area contributed by atoms with Crippen molar-refractivity contribution in [1.29, 1.82) is 0 Å². The number of Topliss-reactive ketones (excluding diaryl/α,β-unsaturated/α-hetero) is 1. The molecule has 0 bridgehead atoms. The van der Waals surface area contributed by atoms with E-state index >= 15 is 0 Å². The van der Waals surface area contributed by atoms with Crippen molar-refractivity contribution in [2.24, 2.45) is 0 Å². The van der Waals surface area contributed by atoms with Gasteiger partial charge in [-0.15, -0.1) is 0 Å². The van der Waals surface area contributed by atoms with Gasteiger partial charge in [-0.2, -0.15) is 0 Å². The highest BCUT2D eigenvalue weighted by Crippen LogP contribution is 2.40. The molecule has 0 spiro atoms. The standard InChI is InChI=1S/C32H32N2O5/c1-4-20-6-8-21(9-7-20)29-28(30(35)22-10-12-24(13-11-22)39-5-2)31(36)32(37)34(29)17-16-23-19-33-27-15-14-25(38-3)18-26(23)27/h6-15,18-19,29,33,35H,4-5,16-17H2,1-3H3/t29-/m0/s1. The van der Waals surface area contributed by atoms with Gasteiger partial charge in [-0.3, -0.25) is 9.59 Å². The van der Waals surface area contributed by atoms with Gasteiger partial charge in [-0.25, -0.2) is 0 Å². The maximum absolute atomic E-state index is 13.4. The van der Waals surface area contributed by atoms with E-state index in [0.717, 1.165) is 39.8 Å². The minimum atomic E-state index is -0.706. The quantitative estimate of drug-likeness (QED) is 0.164. The Balaban J connectivity index is 1.53. The lowest BCUT2D eigenvalue weighted by Crippen LogP contribution is -2.31. The predicted octanol–water partition coefficient (Wildman–Crippen LogP) is 5.80. The number of methoxy groups -OCH3 is 1. The van der Waals surface area contributed by atoms with Gasteiger partial charge in [-0.1, -0.05) is 31.2 Å². The van der Waals surface area contributed by atoms with Crippen LogP contribution in [0.2, 0.25) is 0 Å². The van der Waals surface area contributed by atoms with Crippen LogP contribution in [0.15, 0.2) is 78.5 Å². The number of aromatic amines is 1. The second-order valence-electron chi connectivity index (χ2n) is 9.52. The normalized spacial score (nSPS) is 16.7. The first kappa shape index (κ1) is 26.1. The van der Waals surface area contributed by atoms with Gasteiger partial charge in [0.1, 0.15) is 17.3 Å². The number of ketones is 1. The number of nitrogens with one attached hydrogen (secondary N) is 1. The number of hydrogen-bond acceptors (Lipinski definition) is 5. The summed E-state index contributed by atoms with van der Waals surface area (Å²) in [6.45, 7) is 4.79. The van der Waals surface area contributed by atoms with Gasteiger partial charge < -0.3 is 24.5 Å². The number of nitrogens with zero attached hydrogens (tertiary/aromatic N) is 1. The lowest BCUT2D eigenvalue weighted by Gasteiger charge is -2.25. The number of benzene rings is 3. The first-order valence-electron chi connectivity index (χ1n) is 13.2. The molecule has 1 atom stereocenters. The Morgan fingerprint density at radius 1 is 0.974 bits per heavy atom. The molecule has 0 radical (unpaired) electrons. The number of carbonyl (C=O) groups is 2. The first-order chi connectivity index (χ1) is 18.9. The highest BCUT2D eigenvalue weighted by Gasteiger charge is 2.45. The summed E-state index contributed by atoms with van der Waals surface area (Å²) in [6, 6.07) is 19.8. The van der Waals surface area contributed by atoms with E-state index in [1.807, 2.05) is 55.6 Å². The number of fused-ring (bicyclic) bond motifs is 1. The molecule has 7 heteroatoms. The van der Waals surface area contributed by atoms with Gasteiger partial charge in [0.25, 0.3) is 11.7 Å². The molecule has 1 fully saturated rings. The van der Waals surface area contributed by atoms with E-state index < -0.39 is 17.7 Å². The molecule has 3 aromatic carbocycles. The number of aryl methyl sites for hydroxylation is 1. The summed E-state index contributed by atoms with van der Waals surface area (Å²) in [5, 5.41) is 12.4. The number of likely N-dealkylation sites (tertiary alicyclic amines) is 1. The Morgan fingerprint density at radius 2 is 1.69 bits per heavy atom. The summed E-state index contributed by atoms with van der Waals surface area (Å²) < 4.78 is 10.9. The van der Waals surface area contributed by atoms with Crippen LogP contribution < -0.4 is 9.47 Å². The van der Waals surface area contributed by atoms with Crippen LogP contribution in [0.25, 0.3) is 16.7 Å². The number of rotatable bonds is 9. The summed E-state index contributed by atoms with van der Waals surface area (Å²) >= 11 is 0. The van der Waals surface area contributed by atoms with E-state index in [4.69, 9.17) is 9.47 Å². The third kappa shape index (κ3) is 5.00. The largest absolute Gasteiger partial charge is 0.507 e. The summed E-state index contributed by atoms with van der Waals surface area (Å²) in [6.07, 6.45) is 3.31. The van der Waals surface area contributed by atoms with Crippen molar-refractivity contribution in [1.82, 2.24) is 9.88 Å². The second kappa shape index (κ2) is 11.1. The van der Waals surface area contributed by atoms with E-state index in [9.17, 15) is 14.7 Å². The van der Waals surface area contributed by atoms with Crippen molar-refractivity contribution in [2.45, 2.75) is 32.7 Å². The zero-order chi connectivity index (χ0) is 27.5. The van der Waals surface area contributed by atoms with Gasteiger partial charge >= 0.3 is 0 Å². The number of ether oxygens (including phenoxy) is 2. The highest BCUT2D eigenvalue weighted by molar-refractivity contribution is 6.46. The van der Waals surface area contributed by atoms with Crippen molar-refractivity contribution in [3.63, 3.8) is 0 Å². The zero-order valence-electron chi connectivity index (χ0n) is 22.4. The molecular weight excluding hydrogens is 492 g/mol. The Bertz CT molecular complexity index is 1530. The fourth-order valence-corrected chi connectivity index (χ4v) is 5.16. The van der Waals surface area contributed by atoms with Gasteiger partial charge in [0.05, 0.1) is 25.3 Å². The van der Waals surface area contributed by atoms with Gasteiger partial charge in [-0.05, 0) is 78.9 Å². The third-order valence-corrected chi connectivity index (χ3v) is 7.28. The molecule has 1 amide bonds. The molecule has 1 aromatic heterocycles. The zero-order valence-corrected chi connectivity index (χ0v) is 22.4. The van der Waals surface area contributed by atoms with Crippen molar-refractivity contribution in [3.05, 3.63) is 101 Å². The predicted molar refractivity (Wildman–Crippen MR) is 151 cm³/mol. The van der Waals surface area contributed by atoms with E-state index in [-0.39, 0.29) is 11.3 Å². The molecular formula is C32H32N2O5. The van der Waals surface area contributed by atoms with E-state index in [1.54, 1.807) is 36.3 Å². The molecule has 2 N–H and O–H groups in total. The summed E-state index contributed by atoms with van der Waals surface area (Å²) in [7, 11) is 1.63. The summed E-state index contributed by atoms with van der Waals surface area (Å²) in [5.41, 5.74) is 4.45. The van der Waals surface area contributed by atoms with Gasteiger partial charge in [0.15, 0.2) is 0 Å². The van der Waals surface area contributed by atoms with Crippen molar-refractivity contribution >= 4 is 28.4 Å². The van der Waals surface area contributed by atoms with Crippen LogP contribution in [0.1, 0.15) is 42.1 Å². The smallest absolute Gasteiger partial charge is 0.295 e. The Kier molecular flexibility index (Phi) is 7.41. The molecule has 1 aliphatic rings. The van der Waals surface area contributed by atoms with Crippen LogP contribution in [0.5, 0.6) is 11.5 Å². The van der Waals surface area contributed by atoms with Crippen LogP contribution in [0.3, 0.4) is 0 Å². The minimum absolute atomic E-state index is 0.0917. The van der Waals surface area contributed by atoms with E-state index in [1.165, 1.54) is 0 Å². The minimum Gasteiger partial charge on any atom is -0.507 e. The second-order valence-corrected chi connectivity index (χ2v) is 9.52. The van der Waals surface area contributed by atoms with Crippen LogP contribution in [-0.2, 0) is 22.4 Å². The number of aromatic nitrogens is 1. The Morgan fingerprint density at radius 3 is 2.36 bits per heavy atom. The summed E-state index contributed by atoms with van der Waals surface area (Å²) in [4.78, 5) is 31.7. The number of amides is 1. The number of hydrogen-bond donors (Lipinski definition) is 2. The first-order valence-corrected chi connectivity index (χ1v) is 13.2. The average Bonchev–Trinajstić information content (AvgIpc) is 3.49. The number of H-pyrrole nitrogens is 1. The molecule has 1 saturated heterocycles. The van der Waals surface area contributed by atoms with Crippen LogP contribution in [0, 0.1) is 0 Å². The SMILES string of the molecule is CCOc1ccc(C(O)=C2C(=O)C(=O)N(CCc3c[nH]c4ccc(OC)cc34)[C@H]2c2ccc(CC)cc2)cc1. The molecule has 4 aromatic rings. The topological polar surface area (TPSA) is 91.9 Å². The van der Waals surface area contributed by atoms with Crippen LogP contribution >= 0.6 is 0 Å². The molecule has 7 nitrogen and oxygen atoms in total. The fourth-order valence-electron chi connectivity index (χ4n) is 5.16. The molecule has 0 unspecified atom stereocenters. The number of aliphatic hydroxyl groups excluding tert-OH is 1. The number of aliphatic hydroxyl groups is 1. The van der Waals surface area contributed by atoms with Crippen LogP contribution in [-0.4, -0.2) is 46.9 Å². The molecule has 39 heavy (non-hydrogen) atoms. The van der Waals surface area contributed by atoms with Crippen molar-refractivity contribution in [2.75, 3.05) is 20.3 Å². The van der Waals surface area contributed by atoms with E-state index in [0.29, 0.717) is 30.9 Å². The molecule has 200 valence electrons. The van der Waals surface area contributed by atoms with E-state index in [2.05, 4.69) is 11.9 Å². The van der Waals surface area contributed by atoms with Gasteiger partial charge in [0, 0.05) is 29.2 Å². The summed E-state index contributed by atoms with van der Waals surface area (Å²) in [5.74, 6) is -0.0944. The molecule has 0 aliphatic carbocycles. The van der Waals surface area contributed by atoms with Crippen molar-refractivity contribution < 1.29 is 24.2 Å². The molecule has 5 rings (SSSR count). The Hall–Kier alpha value is -4.52. The van der Waals surface area contributed by atoms with Gasteiger partial charge in [0.2, 0.25) is 0 Å². The maximum Gasteiger partial charge on any atom is 0.295 e. The lowest BCUT2D eigenvalue weighted by molar-refractivity contribution is -0.139. The average molecular weight is 525 g/mol. The third-order valence-electron chi connectivity index (χ3n) is 7.28. The maximum atomic E-state index is 13.4. The lowest BCUT2D eigenvalue weighted by atomic mass is 9.94. The monoisotopic (exact) mass is 524 g/mol. The highest BCUT2D eigenvalue weighted by atomic mass is 16.5. The fraction of sp³-hybridized carbons (Fsp3) is 0.250. The van der Waals surface area contributed by atoms with Crippen molar-refractivity contribution in [3.8, 4) is 11.5 Å². The Labute approximate surface area is 227 Å². The molecule has 2 heterocycles. The molecule has 0 saturated carbocycles. The number of carbonyl (C=O) groups excluding carboxylic acids is 2. The molecule has 1 aliphatic heterocycles.